The fraction of sp³-hybridized carbons (Fsp3) is 0.688. The summed E-state index contributed by atoms with van der Waals surface area (Å²) in [5.74, 6) is 1.01. The van der Waals surface area contributed by atoms with Crippen molar-refractivity contribution < 1.29 is 4.74 Å². The van der Waals surface area contributed by atoms with Crippen LogP contribution in [0.3, 0.4) is 0 Å². The highest BCUT2D eigenvalue weighted by molar-refractivity contribution is 5.32. The van der Waals surface area contributed by atoms with Crippen LogP contribution in [0.5, 0.6) is 5.75 Å². The molecule has 0 aromatic carbocycles. The van der Waals surface area contributed by atoms with E-state index in [0.717, 1.165) is 37.1 Å². The van der Waals surface area contributed by atoms with Gasteiger partial charge in [0, 0.05) is 36.1 Å². The molecule has 0 radical (unpaired) electrons. The van der Waals surface area contributed by atoms with Crippen molar-refractivity contribution in [2.75, 3.05) is 6.61 Å². The maximum atomic E-state index is 5.94. The van der Waals surface area contributed by atoms with Gasteiger partial charge in [0.15, 0.2) is 0 Å². The van der Waals surface area contributed by atoms with Gasteiger partial charge in [0.2, 0.25) is 0 Å². The SMILES string of the molecule is CCCCCCOc1cc(C)ncc1CNC1CC1. The van der Waals surface area contributed by atoms with Gasteiger partial charge < -0.3 is 10.1 Å². The fourth-order valence-electron chi connectivity index (χ4n) is 2.08. The van der Waals surface area contributed by atoms with Gasteiger partial charge in [0.05, 0.1) is 6.61 Å². The number of hydrogen-bond donors (Lipinski definition) is 1. The molecule has 0 spiro atoms. The molecule has 1 aromatic heterocycles. The van der Waals surface area contributed by atoms with Crippen molar-refractivity contribution in [3.05, 3.63) is 23.5 Å². The number of ether oxygens (including phenoxy) is 1. The summed E-state index contributed by atoms with van der Waals surface area (Å²) in [4.78, 5) is 4.38. The van der Waals surface area contributed by atoms with Crippen LogP contribution in [0.4, 0.5) is 0 Å². The molecule has 1 fully saturated rings. The van der Waals surface area contributed by atoms with Gasteiger partial charge in [0.25, 0.3) is 0 Å². The zero-order valence-electron chi connectivity index (χ0n) is 12.2. The minimum absolute atomic E-state index is 0.721. The highest BCUT2D eigenvalue weighted by Gasteiger charge is 2.20. The lowest BCUT2D eigenvalue weighted by atomic mass is 10.2. The smallest absolute Gasteiger partial charge is 0.127 e. The summed E-state index contributed by atoms with van der Waals surface area (Å²) in [5, 5.41) is 3.52. The van der Waals surface area contributed by atoms with Gasteiger partial charge in [-0.2, -0.15) is 0 Å². The van der Waals surface area contributed by atoms with Crippen LogP contribution in [-0.2, 0) is 6.54 Å². The number of aryl methyl sites for hydroxylation is 1. The molecule has 1 aliphatic rings. The lowest BCUT2D eigenvalue weighted by Crippen LogP contribution is -2.16. The lowest BCUT2D eigenvalue weighted by molar-refractivity contribution is 0.300. The molecule has 1 aromatic rings. The van der Waals surface area contributed by atoms with Crippen LogP contribution in [0.15, 0.2) is 12.3 Å². The standard InChI is InChI=1S/C16H26N2O/c1-3-4-5-6-9-19-16-10-13(2)17-11-14(16)12-18-15-7-8-15/h10-11,15,18H,3-9,12H2,1-2H3. The van der Waals surface area contributed by atoms with Crippen molar-refractivity contribution in [2.24, 2.45) is 0 Å². The van der Waals surface area contributed by atoms with Crippen molar-refractivity contribution in [3.8, 4) is 5.75 Å². The van der Waals surface area contributed by atoms with Crippen molar-refractivity contribution in [1.29, 1.82) is 0 Å². The zero-order valence-corrected chi connectivity index (χ0v) is 12.2. The molecule has 3 nitrogen and oxygen atoms in total. The molecule has 0 unspecified atom stereocenters. The van der Waals surface area contributed by atoms with E-state index in [4.69, 9.17) is 4.74 Å². The Bertz CT molecular complexity index is 388. The molecule has 0 aliphatic heterocycles. The summed E-state index contributed by atoms with van der Waals surface area (Å²) in [6.07, 6.45) is 9.55. The van der Waals surface area contributed by atoms with E-state index in [9.17, 15) is 0 Å². The normalized spacial score (nSPS) is 14.6. The average Bonchev–Trinajstić information content (AvgIpc) is 3.21. The molecule has 1 saturated carbocycles. The number of rotatable bonds is 9. The Kier molecular flexibility index (Phi) is 5.64. The first kappa shape index (κ1) is 14.3. The third-order valence-electron chi connectivity index (χ3n) is 3.49. The zero-order chi connectivity index (χ0) is 13.5. The van der Waals surface area contributed by atoms with Crippen molar-refractivity contribution >= 4 is 0 Å². The monoisotopic (exact) mass is 262 g/mol. The molecule has 1 aliphatic carbocycles. The van der Waals surface area contributed by atoms with E-state index in [1.165, 1.54) is 37.7 Å². The lowest BCUT2D eigenvalue weighted by Gasteiger charge is -2.12. The molecule has 2 rings (SSSR count). The summed E-state index contributed by atoms with van der Waals surface area (Å²) in [5.41, 5.74) is 2.21. The quantitative estimate of drug-likeness (QED) is 0.690. The Labute approximate surface area is 116 Å². The van der Waals surface area contributed by atoms with Crippen molar-refractivity contribution in [1.82, 2.24) is 10.3 Å². The predicted molar refractivity (Wildman–Crippen MR) is 78.5 cm³/mol. The molecule has 0 atom stereocenters. The number of unbranched alkanes of at least 4 members (excludes halogenated alkanes) is 3. The van der Waals surface area contributed by atoms with Gasteiger partial charge in [0.1, 0.15) is 5.75 Å². The van der Waals surface area contributed by atoms with Gasteiger partial charge in [-0.3, -0.25) is 4.98 Å². The Balaban J connectivity index is 1.82. The van der Waals surface area contributed by atoms with Crippen LogP contribution < -0.4 is 10.1 Å². The van der Waals surface area contributed by atoms with Crippen LogP contribution in [0.2, 0.25) is 0 Å². The summed E-state index contributed by atoms with van der Waals surface area (Å²) in [6, 6.07) is 2.78. The van der Waals surface area contributed by atoms with E-state index in [1.54, 1.807) is 0 Å². The van der Waals surface area contributed by atoms with Gasteiger partial charge in [-0.15, -0.1) is 0 Å². The van der Waals surface area contributed by atoms with Crippen LogP contribution in [0.1, 0.15) is 56.7 Å². The summed E-state index contributed by atoms with van der Waals surface area (Å²) < 4.78 is 5.94. The van der Waals surface area contributed by atoms with Crippen LogP contribution in [0, 0.1) is 6.92 Å². The highest BCUT2D eigenvalue weighted by atomic mass is 16.5. The number of nitrogens with one attached hydrogen (secondary N) is 1. The largest absolute Gasteiger partial charge is 0.493 e. The third kappa shape index (κ3) is 5.19. The molecule has 0 bridgehead atoms. The van der Waals surface area contributed by atoms with E-state index >= 15 is 0 Å². The highest BCUT2D eigenvalue weighted by Crippen LogP contribution is 2.23. The van der Waals surface area contributed by atoms with Gasteiger partial charge >= 0.3 is 0 Å². The van der Waals surface area contributed by atoms with Gasteiger partial charge in [-0.25, -0.2) is 0 Å². The van der Waals surface area contributed by atoms with Crippen LogP contribution in [-0.4, -0.2) is 17.6 Å². The fourth-order valence-corrected chi connectivity index (χ4v) is 2.08. The Hall–Kier alpha value is -1.09. The summed E-state index contributed by atoms with van der Waals surface area (Å²) in [6.45, 7) is 5.94. The molecule has 19 heavy (non-hydrogen) atoms. The van der Waals surface area contributed by atoms with Crippen molar-refractivity contribution in [2.45, 2.75) is 65.0 Å². The molecule has 1 N–H and O–H groups in total. The minimum atomic E-state index is 0.721. The van der Waals surface area contributed by atoms with Crippen LogP contribution in [0.25, 0.3) is 0 Å². The van der Waals surface area contributed by atoms with E-state index in [1.807, 2.05) is 13.1 Å². The predicted octanol–water partition coefficient (Wildman–Crippen LogP) is 3.60. The van der Waals surface area contributed by atoms with Crippen LogP contribution >= 0.6 is 0 Å². The molecule has 0 saturated heterocycles. The second-order valence-electron chi connectivity index (χ2n) is 5.50. The minimum Gasteiger partial charge on any atom is -0.493 e. The van der Waals surface area contributed by atoms with Crippen molar-refractivity contribution in [3.63, 3.8) is 0 Å². The average molecular weight is 262 g/mol. The Morgan fingerprint density at radius 3 is 2.89 bits per heavy atom. The number of nitrogens with zero attached hydrogens (tertiary/aromatic N) is 1. The first-order valence-electron chi connectivity index (χ1n) is 7.61. The number of aromatic nitrogens is 1. The Morgan fingerprint density at radius 1 is 1.32 bits per heavy atom. The van der Waals surface area contributed by atoms with Gasteiger partial charge in [-0.05, 0) is 26.2 Å². The van der Waals surface area contributed by atoms with E-state index < -0.39 is 0 Å². The van der Waals surface area contributed by atoms with E-state index in [-0.39, 0.29) is 0 Å². The molecular formula is C16H26N2O. The van der Waals surface area contributed by atoms with Gasteiger partial charge in [-0.1, -0.05) is 26.2 Å². The second-order valence-corrected chi connectivity index (χ2v) is 5.50. The van der Waals surface area contributed by atoms with E-state index in [0.29, 0.717) is 0 Å². The summed E-state index contributed by atoms with van der Waals surface area (Å²) >= 11 is 0. The molecular weight excluding hydrogens is 236 g/mol. The number of pyridine rings is 1. The first-order valence-corrected chi connectivity index (χ1v) is 7.61. The second kappa shape index (κ2) is 7.49. The topological polar surface area (TPSA) is 34.1 Å². The maximum absolute atomic E-state index is 5.94. The maximum Gasteiger partial charge on any atom is 0.127 e. The summed E-state index contributed by atoms with van der Waals surface area (Å²) in [7, 11) is 0. The number of hydrogen-bond acceptors (Lipinski definition) is 3. The first-order chi connectivity index (χ1) is 9.29. The molecule has 1 heterocycles. The molecule has 0 amide bonds. The third-order valence-corrected chi connectivity index (χ3v) is 3.49. The van der Waals surface area contributed by atoms with E-state index in [2.05, 4.69) is 23.3 Å². The molecule has 3 heteroatoms. The Morgan fingerprint density at radius 2 is 2.16 bits per heavy atom. The molecule has 106 valence electrons.